The minimum Gasteiger partial charge on any atom is -0.274 e. The Labute approximate surface area is 136 Å². The summed E-state index contributed by atoms with van der Waals surface area (Å²) in [7, 11) is 0. The van der Waals surface area contributed by atoms with E-state index in [4.69, 9.17) is 11.6 Å². The molecule has 0 radical (unpaired) electrons. The van der Waals surface area contributed by atoms with Gasteiger partial charge < -0.3 is 0 Å². The Balaban J connectivity index is 1.85. The van der Waals surface area contributed by atoms with Crippen molar-refractivity contribution in [1.82, 2.24) is 0 Å². The van der Waals surface area contributed by atoms with Crippen LogP contribution in [0.2, 0.25) is 5.02 Å². The number of halogens is 1. The third-order valence-corrected chi connectivity index (χ3v) is 6.18. The zero-order chi connectivity index (χ0) is 15.0. The minimum atomic E-state index is -0.375. The number of hydrogen-bond donors (Lipinski definition) is 0. The summed E-state index contributed by atoms with van der Waals surface area (Å²) >= 11 is 9.13. The molecule has 110 valence electrons. The first kappa shape index (κ1) is 14.9. The van der Waals surface area contributed by atoms with Gasteiger partial charge in [-0.3, -0.25) is 14.6 Å². The van der Waals surface area contributed by atoms with Crippen LogP contribution in [0, 0.1) is 6.92 Å². The summed E-state index contributed by atoms with van der Waals surface area (Å²) in [5.74, 6) is 0.603. The van der Waals surface area contributed by atoms with Crippen LogP contribution in [0.4, 0.5) is 5.69 Å². The Morgan fingerprint density at radius 3 is 2.95 bits per heavy atom. The molecule has 1 aromatic carbocycles. The van der Waals surface area contributed by atoms with Crippen LogP contribution in [0.1, 0.15) is 12.0 Å². The summed E-state index contributed by atoms with van der Waals surface area (Å²) in [4.78, 5) is 30.4. The smallest absolute Gasteiger partial charge is 0.247 e. The molecule has 1 atom stereocenters. The topological polar surface area (TPSA) is 49.7 Å². The van der Waals surface area contributed by atoms with Gasteiger partial charge in [-0.2, -0.15) is 0 Å². The van der Waals surface area contributed by atoms with Crippen LogP contribution in [-0.4, -0.2) is 33.7 Å². The Bertz CT molecular complexity index is 648. The molecule has 0 bridgehead atoms. The van der Waals surface area contributed by atoms with Crippen LogP contribution in [0.3, 0.4) is 0 Å². The largest absolute Gasteiger partial charge is 0.274 e. The monoisotopic (exact) mass is 340 g/mol. The first-order chi connectivity index (χ1) is 10.1. The molecular formula is C14H13ClN2O2S2. The molecule has 2 heterocycles. The van der Waals surface area contributed by atoms with Gasteiger partial charge in [0.1, 0.15) is 9.63 Å². The Kier molecular flexibility index (Phi) is 4.28. The van der Waals surface area contributed by atoms with Crippen molar-refractivity contribution in [3.63, 3.8) is 0 Å². The number of rotatable bonds is 2. The van der Waals surface area contributed by atoms with Crippen molar-refractivity contribution in [3.8, 4) is 0 Å². The van der Waals surface area contributed by atoms with Crippen molar-refractivity contribution in [2.45, 2.75) is 18.6 Å². The number of imide groups is 1. The van der Waals surface area contributed by atoms with Crippen LogP contribution < -0.4 is 4.90 Å². The second-order valence-corrected chi connectivity index (χ2v) is 7.70. The molecule has 0 aliphatic carbocycles. The van der Waals surface area contributed by atoms with Crippen LogP contribution in [-0.2, 0) is 9.59 Å². The molecule has 1 unspecified atom stereocenters. The van der Waals surface area contributed by atoms with Crippen LogP contribution in [0.5, 0.6) is 0 Å². The fraction of sp³-hybridized carbons (Fsp3) is 0.357. The van der Waals surface area contributed by atoms with Crippen molar-refractivity contribution in [2.75, 3.05) is 17.2 Å². The molecule has 21 heavy (non-hydrogen) atoms. The van der Waals surface area contributed by atoms with E-state index in [1.54, 1.807) is 30.0 Å². The van der Waals surface area contributed by atoms with Gasteiger partial charge in [0.05, 0.1) is 12.2 Å². The predicted octanol–water partition coefficient (Wildman–Crippen LogP) is 3.12. The molecule has 1 saturated heterocycles. The molecule has 0 saturated carbocycles. The summed E-state index contributed by atoms with van der Waals surface area (Å²) in [6, 6.07) is 5.26. The molecule has 2 aliphatic heterocycles. The van der Waals surface area contributed by atoms with Gasteiger partial charge in [0, 0.05) is 17.2 Å². The first-order valence-corrected chi connectivity index (χ1v) is 8.78. The lowest BCUT2D eigenvalue weighted by Gasteiger charge is -2.17. The highest BCUT2D eigenvalue weighted by molar-refractivity contribution is 8.39. The van der Waals surface area contributed by atoms with Crippen molar-refractivity contribution in [1.29, 1.82) is 0 Å². The standard InChI is InChI=1S/C14H13ClN2O2S2/c1-8-9(15)3-2-4-10(8)17-12(18)7-11(13(17)19)21-14-16-5-6-20-14/h2-4,11H,5-7H2,1H3. The average Bonchev–Trinajstić information content (AvgIpc) is 3.04. The van der Waals surface area contributed by atoms with Gasteiger partial charge in [0.2, 0.25) is 11.8 Å². The lowest BCUT2D eigenvalue weighted by atomic mass is 10.2. The summed E-state index contributed by atoms with van der Waals surface area (Å²) in [6.45, 7) is 2.61. The minimum absolute atomic E-state index is 0.175. The van der Waals surface area contributed by atoms with Crippen molar-refractivity contribution < 1.29 is 9.59 Å². The zero-order valence-electron chi connectivity index (χ0n) is 11.3. The van der Waals surface area contributed by atoms with Gasteiger partial charge in [-0.15, -0.1) is 0 Å². The SMILES string of the molecule is Cc1c(Cl)cccc1N1C(=O)CC(SC2=NCCS2)C1=O. The highest BCUT2D eigenvalue weighted by Crippen LogP contribution is 2.36. The summed E-state index contributed by atoms with van der Waals surface area (Å²) in [5, 5.41) is 0.181. The number of nitrogens with zero attached hydrogens (tertiary/aromatic N) is 2. The second-order valence-electron chi connectivity index (χ2n) is 4.76. The van der Waals surface area contributed by atoms with Gasteiger partial charge in [-0.05, 0) is 24.6 Å². The molecule has 1 aromatic rings. The van der Waals surface area contributed by atoms with Crippen molar-refractivity contribution in [3.05, 3.63) is 28.8 Å². The summed E-state index contributed by atoms with van der Waals surface area (Å²) < 4.78 is 0.908. The average molecular weight is 341 g/mol. The van der Waals surface area contributed by atoms with E-state index in [0.717, 1.165) is 22.2 Å². The summed E-state index contributed by atoms with van der Waals surface area (Å²) in [6.07, 6.45) is 0.217. The lowest BCUT2D eigenvalue weighted by Crippen LogP contribution is -2.31. The zero-order valence-corrected chi connectivity index (χ0v) is 13.7. The second kappa shape index (κ2) is 6.02. The van der Waals surface area contributed by atoms with E-state index >= 15 is 0 Å². The van der Waals surface area contributed by atoms with Gasteiger partial charge in [0.25, 0.3) is 0 Å². The maximum absolute atomic E-state index is 12.5. The van der Waals surface area contributed by atoms with E-state index in [2.05, 4.69) is 4.99 Å². The number of thioether (sulfide) groups is 2. The van der Waals surface area contributed by atoms with Crippen LogP contribution >= 0.6 is 35.1 Å². The fourth-order valence-corrected chi connectivity index (χ4v) is 4.72. The Morgan fingerprint density at radius 2 is 2.24 bits per heavy atom. The van der Waals surface area contributed by atoms with Crippen LogP contribution in [0.15, 0.2) is 23.2 Å². The highest BCUT2D eigenvalue weighted by Gasteiger charge is 2.41. The maximum atomic E-state index is 12.5. The van der Waals surface area contributed by atoms with E-state index in [-0.39, 0.29) is 23.5 Å². The number of carbonyl (C=O) groups is 2. The van der Waals surface area contributed by atoms with E-state index in [0.29, 0.717) is 10.7 Å². The molecular weight excluding hydrogens is 328 g/mol. The van der Waals surface area contributed by atoms with Crippen LogP contribution in [0.25, 0.3) is 0 Å². The van der Waals surface area contributed by atoms with E-state index in [9.17, 15) is 9.59 Å². The van der Waals surface area contributed by atoms with Gasteiger partial charge in [-0.25, -0.2) is 4.90 Å². The molecule has 2 amide bonds. The van der Waals surface area contributed by atoms with E-state index in [1.165, 1.54) is 16.7 Å². The number of benzene rings is 1. The predicted molar refractivity (Wildman–Crippen MR) is 89.4 cm³/mol. The van der Waals surface area contributed by atoms with E-state index < -0.39 is 0 Å². The third kappa shape index (κ3) is 2.84. The molecule has 0 aromatic heterocycles. The number of anilines is 1. The maximum Gasteiger partial charge on any atom is 0.247 e. The Hall–Kier alpha value is -0.980. The summed E-state index contributed by atoms with van der Waals surface area (Å²) in [5.41, 5.74) is 1.33. The Morgan fingerprint density at radius 1 is 1.43 bits per heavy atom. The number of carbonyl (C=O) groups excluding carboxylic acids is 2. The molecule has 1 fully saturated rings. The number of amides is 2. The highest BCUT2D eigenvalue weighted by atomic mass is 35.5. The van der Waals surface area contributed by atoms with Gasteiger partial charge in [0.15, 0.2) is 0 Å². The molecule has 2 aliphatic rings. The normalized spacial score (nSPS) is 22.1. The molecule has 4 nitrogen and oxygen atoms in total. The number of aliphatic imine (C=N–C) groups is 1. The molecule has 0 N–H and O–H groups in total. The quantitative estimate of drug-likeness (QED) is 0.776. The lowest BCUT2D eigenvalue weighted by molar-refractivity contribution is -0.121. The van der Waals surface area contributed by atoms with Crippen molar-refractivity contribution >= 4 is 57.0 Å². The molecule has 7 heteroatoms. The van der Waals surface area contributed by atoms with Gasteiger partial charge >= 0.3 is 0 Å². The van der Waals surface area contributed by atoms with Crippen molar-refractivity contribution in [2.24, 2.45) is 4.99 Å². The third-order valence-electron chi connectivity index (χ3n) is 3.39. The fourth-order valence-electron chi connectivity index (χ4n) is 2.30. The molecule has 0 spiro atoms. The van der Waals surface area contributed by atoms with Gasteiger partial charge in [-0.1, -0.05) is 41.2 Å². The van der Waals surface area contributed by atoms with E-state index in [1.807, 2.05) is 6.92 Å². The number of hydrogen-bond acceptors (Lipinski definition) is 5. The first-order valence-electron chi connectivity index (χ1n) is 6.54. The molecule has 3 rings (SSSR count).